The molecule has 15 nitrogen and oxygen atoms in total. The summed E-state index contributed by atoms with van der Waals surface area (Å²) in [7, 11) is 0. The molecule has 0 bridgehead atoms. The number of alkyl carbamates (subject to hydrolysis) is 1. The maximum absolute atomic E-state index is 15.6. The Bertz CT molecular complexity index is 1820. The van der Waals surface area contributed by atoms with Crippen molar-refractivity contribution in [2.45, 2.75) is 101 Å². The molecule has 4 atom stereocenters. The number of benzene rings is 1. The average Bonchev–Trinajstić information content (AvgIpc) is 3.13. The fourth-order valence-electron chi connectivity index (χ4n) is 5.82. The lowest BCUT2D eigenvalue weighted by Crippen LogP contribution is -2.61. The quantitative estimate of drug-likeness (QED) is 0.141. The molecule has 1 aromatic carbocycles. The lowest BCUT2D eigenvalue weighted by molar-refractivity contribution is -0.196. The fraction of sp³-hybridized carbons (Fsp3) is 0.579. The van der Waals surface area contributed by atoms with Crippen molar-refractivity contribution in [2.75, 3.05) is 33.2 Å². The zero-order valence-electron chi connectivity index (χ0n) is 32.8. The van der Waals surface area contributed by atoms with E-state index in [2.05, 4.69) is 16.1 Å². The number of carbonyl (C=O) groups excluding carboxylic acids is 5. The number of nitrogens with zero attached hydrogens (tertiary/aromatic N) is 2. The van der Waals surface area contributed by atoms with Crippen LogP contribution in [-0.4, -0.2) is 106 Å². The summed E-state index contributed by atoms with van der Waals surface area (Å²) >= 11 is 17.0. The molecule has 4 unspecified atom stereocenters. The van der Waals surface area contributed by atoms with E-state index in [0.29, 0.717) is 29.6 Å². The van der Waals surface area contributed by atoms with Crippen molar-refractivity contribution in [3.05, 3.63) is 47.7 Å². The number of amides is 3. The molecule has 2 aliphatic rings. The van der Waals surface area contributed by atoms with Gasteiger partial charge in [-0.1, -0.05) is 65.2 Å². The number of hydrazine groups is 1. The summed E-state index contributed by atoms with van der Waals surface area (Å²) < 4.78 is 40.8. The summed E-state index contributed by atoms with van der Waals surface area (Å²) in [4.78, 5) is 70.3. The average molecular weight is 861 g/mol. The highest BCUT2D eigenvalue weighted by molar-refractivity contribution is 6.67. The number of alkyl halides is 4. The van der Waals surface area contributed by atoms with Gasteiger partial charge < -0.3 is 34.3 Å². The highest BCUT2D eigenvalue weighted by Crippen LogP contribution is 2.31. The number of aromatic nitrogens is 1. The van der Waals surface area contributed by atoms with E-state index >= 15 is 4.39 Å². The van der Waals surface area contributed by atoms with Gasteiger partial charge in [0.1, 0.15) is 36.5 Å². The van der Waals surface area contributed by atoms with Gasteiger partial charge in [-0.15, -0.1) is 0 Å². The number of carbonyl (C=O) groups is 5. The summed E-state index contributed by atoms with van der Waals surface area (Å²) in [6, 6.07) is 6.46. The Hall–Kier alpha value is -3.80. The molecular formula is C38H49Cl3FN5O10. The van der Waals surface area contributed by atoms with Crippen LogP contribution in [-0.2, 0) is 42.9 Å². The number of fused-ring (bicyclic) bond motifs is 1. The molecule has 2 aliphatic heterocycles. The van der Waals surface area contributed by atoms with E-state index in [9.17, 15) is 24.0 Å². The van der Waals surface area contributed by atoms with Crippen molar-refractivity contribution in [1.29, 1.82) is 0 Å². The second kappa shape index (κ2) is 18.9. The van der Waals surface area contributed by atoms with Crippen LogP contribution in [0.3, 0.4) is 0 Å². The van der Waals surface area contributed by atoms with Gasteiger partial charge in [-0.3, -0.25) is 29.2 Å². The zero-order chi connectivity index (χ0) is 42.3. The molecule has 0 aliphatic carbocycles. The van der Waals surface area contributed by atoms with Gasteiger partial charge in [-0.05, 0) is 79.0 Å². The van der Waals surface area contributed by atoms with Crippen LogP contribution >= 0.6 is 34.8 Å². The first-order valence-corrected chi connectivity index (χ1v) is 19.4. The third-order valence-electron chi connectivity index (χ3n) is 8.73. The molecule has 314 valence electrons. The molecule has 1 aromatic heterocycles. The first-order valence-electron chi connectivity index (χ1n) is 18.2. The summed E-state index contributed by atoms with van der Waals surface area (Å²) in [5.41, 5.74) is -0.0673. The van der Waals surface area contributed by atoms with Crippen LogP contribution in [0.2, 0.25) is 0 Å². The molecule has 3 amide bonds. The molecule has 19 heteroatoms. The van der Waals surface area contributed by atoms with Crippen LogP contribution in [0.15, 0.2) is 36.4 Å². The number of halogens is 4. The Morgan fingerprint density at radius 3 is 2.35 bits per heavy atom. The molecule has 0 saturated carbocycles. The van der Waals surface area contributed by atoms with Crippen molar-refractivity contribution in [3.63, 3.8) is 0 Å². The van der Waals surface area contributed by atoms with Crippen LogP contribution < -0.4 is 16.1 Å². The van der Waals surface area contributed by atoms with Crippen LogP contribution in [0.5, 0.6) is 0 Å². The third kappa shape index (κ3) is 13.4. The van der Waals surface area contributed by atoms with Crippen LogP contribution in [0, 0.1) is 5.41 Å². The molecule has 2 aromatic rings. The van der Waals surface area contributed by atoms with Gasteiger partial charge in [-0.2, -0.15) is 0 Å². The summed E-state index contributed by atoms with van der Waals surface area (Å²) in [6.45, 7) is 9.77. The predicted molar refractivity (Wildman–Crippen MR) is 210 cm³/mol. The molecule has 0 radical (unpaired) electrons. The van der Waals surface area contributed by atoms with Gasteiger partial charge in [0, 0.05) is 11.9 Å². The molecule has 2 fully saturated rings. The summed E-state index contributed by atoms with van der Waals surface area (Å²) in [6.07, 6.45) is 1.31. The first-order chi connectivity index (χ1) is 26.5. The SMILES string of the molecule is CC(NC(=O)C(OC(=O)C1(C=Cc2ccc3ccc(C(C)NC(=O)OC(C)(C)C)nc3c2)COCOC1)C(C)(C)F)C(=O)N1CCCC(C(=O)OCC(Cl)(Cl)Cl)N1. The fourth-order valence-corrected chi connectivity index (χ4v) is 5.99. The van der Waals surface area contributed by atoms with Crippen LogP contribution in [0.25, 0.3) is 17.0 Å². The van der Waals surface area contributed by atoms with Crippen molar-refractivity contribution < 1.29 is 52.0 Å². The molecule has 3 heterocycles. The van der Waals surface area contributed by atoms with Gasteiger partial charge in [0.15, 0.2) is 5.67 Å². The van der Waals surface area contributed by atoms with E-state index in [1.165, 1.54) is 13.0 Å². The maximum Gasteiger partial charge on any atom is 0.408 e. The number of pyridine rings is 1. The summed E-state index contributed by atoms with van der Waals surface area (Å²) in [5.74, 6) is -3.47. The van der Waals surface area contributed by atoms with Gasteiger partial charge in [0.05, 0.1) is 30.5 Å². The number of rotatable bonds is 12. The Balaban J connectivity index is 1.46. The number of nitrogens with one attached hydrogen (secondary N) is 3. The minimum atomic E-state index is -2.40. The lowest BCUT2D eigenvalue weighted by atomic mass is 9.88. The van der Waals surface area contributed by atoms with Crippen molar-refractivity contribution in [2.24, 2.45) is 5.41 Å². The smallest absolute Gasteiger partial charge is 0.408 e. The standard InChI is InChI=1S/C38H49Cl3FN5O10/c1-22(44-34(52)57-35(3,4)5)26-13-12-25-11-10-24(17-28(25)45-26)14-15-37(18-53-21-54-19-37)33(51)56-29(36(6,7)42)30(48)43-23(2)31(49)47-16-8-9-27(46-47)32(50)55-20-38(39,40)41/h10-15,17,22-23,27,29,46H,8-9,16,18-21H2,1-7H3,(H,43,48)(H,44,52). The largest absolute Gasteiger partial charge is 0.460 e. The number of esters is 2. The molecule has 2 saturated heterocycles. The molecule has 57 heavy (non-hydrogen) atoms. The molecule has 4 rings (SSSR count). The molecular weight excluding hydrogens is 812 g/mol. The topological polar surface area (TPSA) is 184 Å². The van der Waals surface area contributed by atoms with Crippen LogP contribution in [0.4, 0.5) is 9.18 Å². The van der Waals surface area contributed by atoms with E-state index in [1.807, 2.05) is 12.1 Å². The monoisotopic (exact) mass is 859 g/mol. The van der Waals surface area contributed by atoms with Crippen molar-refractivity contribution in [3.8, 4) is 0 Å². The van der Waals surface area contributed by atoms with E-state index in [0.717, 1.165) is 24.2 Å². The number of hydrogen-bond donors (Lipinski definition) is 3. The Kier molecular flexibility index (Phi) is 15.2. The molecule has 0 spiro atoms. The van der Waals surface area contributed by atoms with Crippen molar-refractivity contribution in [1.82, 2.24) is 26.1 Å². The van der Waals surface area contributed by atoms with E-state index in [4.69, 9.17) is 63.5 Å². The minimum Gasteiger partial charge on any atom is -0.460 e. The van der Waals surface area contributed by atoms with E-state index in [-0.39, 0.29) is 26.6 Å². The zero-order valence-corrected chi connectivity index (χ0v) is 35.1. The highest BCUT2D eigenvalue weighted by Gasteiger charge is 2.47. The third-order valence-corrected chi connectivity index (χ3v) is 9.06. The maximum atomic E-state index is 15.6. The highest BCUT2D eigenvalue weighted by atomic mass is 35.6. The van der Waals surface area contributed by atoms with E-state index in [1.54, 1.807) is 52.0 Å². The number of hydrogen-bond acceptors (Lipinski definition) is 12. The predicted octanol–water partition coefficient (Wildman–Crippen LogP) is 5.40. The van der Waals surface area contributed by atoms with Crippen molar-refractivity contribution >= 4 is 81.6 Å². The van der Waals surface area contributed by atoms with Gasteiger partial charge in [-0.25, -0.2) is 14.6 Å². The second-order valence-electron chi connectivity index (χ2n) is 15.5. The first kappa shape index (κ1) is 45.9. The lowest BCUT2D eigenvalue weighted by Gasteiger charge is -2.36. The molecule has 3 N–H and O–H groups in total. The second-order valence-corrected chi connectivity index (χ2v) is 18.0. The Morgan fingerprint density at radius 1 is 1.05 bits per heavy atom. The van der Waals surface area contributed by atoms with Gasteiger partial charge >= 0.3 is 18.0 Å². The normalized spacial score (nSPS) is 19.3. The Morgan fingerprint density at radius 2 is 1.72 bits per heavy atom. The van der Waals surface area contributed by atoms with E-state index < -0.39 is 81.2 Å². The van der Waals surface area contributed by atoms with Gasteiger partial charge in [0.25, 0.3) is 11.8 Å². The van der Waals surface area contributed by atoms with Gasteiger partial charge in [0.2, 0.25) is 9.90 Å². The number of ether oxygens (including phenoxy) is 5. The Labute approximate surface area is 345 Å². The summed E-state index contributed by atoms with van der Waals surface area (Å²) in [5, 5.41) is 7.16. The minimum absolute atomic E-state index is 0.102. The van der Waals surface area contributed by atoms with Crippen LogP contribution in [0.1, 0.15) is 78.6 Å².